The van der Waals surface area contributed by atoms with Crippen molar-refractivity contribution < 1.29 is 19.4 Å². The van der Waals surface area contributed by atoms with Crippen LogP contribution in [0.5, 0.6) is 5.75 Å². The van der Waals surface area contributed by atoms with Crippen molar-refractivity contribution in [2.75, 3.05) is 13.7 Å². The van der Waals surface area contributed by atoms with Crippen molar-refractivity contribution in [2.45, 2.75) is 6.92 Å². The third-order valence-electron chi connectivity index (χ3n) is 3.84. The fourth-order valence-electron chi connectivity index (χ4n) is 2.48. The van der Waals surface area contributed by atoms with Crippen molar-refractivity contribution in [3.05, 3.63) is 75.4 Å². The van der Waals surface area contributed by atoms with Crippen molar-refractivity contribution in [1.82, 2.24) is 0 Å². The first-order valence-electron chi connectivity index (χ1n) is 8.50. The molecule has 0 spiro atoms. The summed E-state index contributed by atoms with van der Waals surface area (Å²) in [6, 6.07) is 14.3. The maximum Gasteiger partial charge on any atom is 0.344 e. The second-order valence-electron chi connectivity index (χ2n) is 5.72. The third-order valence-corrected chi connectivity index (χ3v) is 5.11. The van der Waals surface area contributed by atoms with Crippen LogP contribution < -0.4 is 4.74 Å². The Bertz CT molecular complexity index is 963. The summed E-state index contributed by atoms with van der Waals surface area (Å²) in [7, 11) is 1.60. The number of thioether (sulfide) groups is 1. The van der Waals surface area contributed by atoms with Crippen LogP contribution in [0.25, 0.3) is 6.08 Å². The first-order chi connectivity index (χ1) is 13.5. The number of hydrogen-bond donors (Lipinski definition) is 1. The van der Waals surface area contributed by atoms with Crippen LogP contribution in [0, 0.1) is 0 Å². The zero-order chi connectivity index (χ0) is 20.1. The van der Waals surface area contributed by atoms with E-state index in [1.165, 1.54) is 11.8 Å². The molecular formula is C21H18ClNO4S. The number of carbonyl (C=O) groups is 1. The van der Waals surface area contributed by atoms with Crippen molar-refractivity contribution in [2.24, 2.45) is 4.99 Å². The van der Waals surface area contributed by atoms with Gasteiger partial charge in [0.05, 0.1) is 24.3 Å². The number of methoxy groups -OCH3 is 1. The van der Waals surface area contributed by atoms with Crippen molar-refractivity contribution in [3.8, 4) is 5.75 Å². The number of benzene rings is 2. The molecule has 5 nitrogen and oxygen atoms in total. The lowest BCUT2D eigenvalue weighted by molar-refractivity contribution is -0.138. The van der Waals surface area contributed by atoms with Gasteiger partial charge in [0, 0.05) is 5.02 Å². The lowest BCUT2D eigenvalue weighted by atomic mass is 10.1. The van der Waals surface area contributed by atoms with Crippen LogP contribution in [0.2, 0.25) is 5.02 Å². The molecule has 2 aromatic carbocycles. The molecule has 0 bridgehead atoms. The Labute approximate surface area is 172 Å². The average Bonchev–Trinajstić information content (AvgIpc) is 2.99. The number of ether oxygens (including phenoxy) is 2. The second-order valence-corrected chi connectivity index (χ2v) is 7.19. The maximum absolute atomic E-state index is 12.4. The molecule has 0 amide bonds. The number of rotatable bonds is 5. The molecule has 1 aliphatic heterocycles. The van der Waals surface area contributed by atoms with Crippen LogP contribution in [0.1, 0.15) is 12.5 Å². The van der Waals surface area contributed by atoms with E-state index >= 15 is 0 Å². The number of halogens is 1. The average molecular weight is 416 g/mol. The van der Waals surface area contributed by atoms with Gasteiger partial charge >= 0.3 is 5.97 Å². The minimum absolute atomic E-state index is 0.0570. The minimum atomic E-state index is -0.613. The summed E-state index contributed by atoms with van der Waals surface area (Å²) < 4.78 is 10.2. The van der Waals surface area contributed by atoms with Gasteiger partial charge in [-0.05, 0) is 55.0 Å². The van der Waals surface area contributed by atoms with Crippen LogP contribution in [0.3, 0.4) is 0 Å². The topological polar surface area (TPSA) is 68.1 Å². The van der Waals surface area contributed by atoms with Gasteiger partial charge in [-0.25, -0.2) is 9.79 Å². The monoisotopic (exact) mass is 415 g/mol. The molecule has 0 fully saturated rings. The van der Waals surface area contributed by atoms with Crippen LogP contribution in [0.4, 0.5) is 5.69 Å². The van der Waals surface area contributed by atoms with E-state index in [0.29, 0.717) is 20.7 Å². The molecule has 1 N–H and O–H groups in total. The number of aliphatic hydroxyl groups is 1. The summed E-state index contributed by atoms with van der Waals surface area (Å²) in [5.74, 6) is -0.0245. The number of aliphatic hydroxyl groups excluding tert-OH is 1. The maximum atomic E-state index is 12.4. The molecule has 0 saturated carbocycles. The standard InChI is InChI=1S/C21H18ClNO4S/c1-3-27-21(25)18-19(24)17(12-13-4-10-16(26-2)11-5-13)28-20(18)23-15-8-6-14(22)7-9-15/h4-12,24H,3H2,1-2H3/b17-12+,23-20?. The smallest absolute Gasteiger partial charge is 0.344 e. The number of hydrogen-bond acceptors (Lipinski definition) is 6. The number of aliphatic imine (C=N–C) groups is 1. The van der Waals surface area contributed by atoms with Crippen LogP contribution in [-0.4, -0.2) is 29.8 Å². The van der Waals surface area contributed by atoms with Gasteiger partial charge in [0.25, 0.3) is 0 Å². The van der Waals surface area contributed by atoms with Crippen LogP contribution >= 0.6 is 23.4 Å². The Kier molecular flexibility index (Phi) is 6.44. The van der Waals surface area contributed by atoms with E-state index in [1.807, 2.05) is 24.3 Å². The first-order valence-corrected chi connectivity index (χ1v) is 9.70. The number of carbonyl (C=O) groups excluding carboxylic acids is 1. The Balaban J connectivity index is 2.00. The lowest BCUT2D eigenvalue weighted by Crippen LogP contribution is -2.12. The Hall–Kier alpha value is -2.70. The zero-order valence-corrected chi connectivity index (χ0v) is 16.9. The molecule has 2 aromatic rings. The van der Waals surface area contributed by atoms with Crippen molar-refractivity contribution in [3.63, 3.8) is 0 Å². The number of nitrogens with zero attached hydrogens (tertiary/aromatic N) is 1. The normalized spacial score (nSPS) is 16.7. The minimum Gasteiger partial charge on any atom is -0.506 e. The van der Waals surface area contributed by atoms with E-state index in [4.69, 9.17) is 21.1 Å². The summed E-state index contributed by atoms with van der Waals surface area (Å²) in [6.07, 6.45) is 1.78. The predicted octanol–water partition coefficient (Wildman–Crippen LogP) is 5.54. The van der Waals surface area contributed by atoms with Gasteiger partial charge in [0.1, 0.15) is 22.1 Å². The molecule has 0 saturated heterocycles. The van der Waals surface area contributed by atoms with E-state index in [1.54, 1.807) is 44.4 Å². The predicted molar refractivity (Wildman–Crippen MR) is 113 cm³/mol. The summed E-state index contributed by atoms with van der Waals surface area (Å²) >= 11 is 7.12. The second kappa shape index (κ2) is 8.99. The summed E-state index contributed by atoms with van der Waals surface area (Å²) in [5, 5.41) is 11.6. The van der Waals surface area contributed by atoms with Crippen molar-refractivity contribution >= 4 is 46.1 Å². The van der Waals surface area contributed by atoms with Crippen molar-refractivity contribution in [1.29, 1.82) is 0 Å². The van der Waals surface area contributed by atoms with E-state index in [9.17, 15) is 9.90 Å². The van der Waals surface area contributed by atoms with Gasteiger partial charge in [-0.3, -0.25) is 0 Å². The molecule has 0 atom stereocenters. The molecule has 144 valence electrons. The fourth-order valence-corrected chi connectivity index (χ4v) is 3.64. The van der Waals surface area contributed by atoms with Gasteiger partial charge in [0.2, 0.25) is 0 Å². The lowest BCUT2D eigenvalue weighted by Gasteiger charge is -2.03. The van der Waals surface area contributed by atoms with Gasteiger partial charge in [-0.15, -0.1) is 0 Å². The van der Waals surface area contributed by atoms with E-state index in [0.717, 1.165) is 11.3 Å². The molecule has 7 heteroatoms. The van der Waals surface area contributed by atoms with E-state index < -0.39 is 5.97 Å². The molecule has 0 aromatic heterocycles. The molecule has 28 heavy (non-hydrogen) atoms. The highest BCUT2D eigenvalue weighted by atomic mass is 35.5. The van der Waals surface area contributed by atoms with Crippen LogP contribution in [0.15, 0.2) is 69.8 Å². The molecule has 3 rings (SSSR count). The molecular weight excluding hydrogens is 398 g/mol. The first kappa shape index (κ1) is 20.0. The highest BCUT2D eigenvalue weighted by Crippen LogP contribution is 2.40. The molecule has 1 heterocycles. The fraction of sp³-hybridized carbons (Fsp3) is 0.143. The molecule has 1 aliphatic rings. The largest absolute Gasteiger partial charge is 0.506 e. The van der Waals surface area contributed by atoms with Gasteiger partial charge in [-0.2, -0.15) is 0 Å². The Morgan fingerprint density at radius 2 is 1.86 bits per heavy atom. The SMILES string of the molecule is CCOC(=O)C1=C(O)/C(=C\c2ccc(OC)cc2)SC1=Nc1ccc(Cl)cc1. The Morgan fingerprint density at radius 1 is 1.18 bits per heavy atom. The van der Waals surface area contributed by atoms with Gasteiger partial charge in [0.15, 0.2) is 0 Å². The van der Waals surface area contributed by atoms with Crippen LogP contribution in [-0.2, 0) is 9.53 Å². The summed E-state index contributed by atoms with van der Waals surface area (Å²) in [5.41, 5.74) is 1.53. The van der Waals surface area contributed by atoms with Gasteiger partial charge in [-0.1, -0.05) is 35.5 Å². The highest BCUT2D eigenvalue weighted by Gasteiger charge is 2.33. The summed E-state index contributed by atoms with van der Waals surface area (Å²) in [4.78, 5) is 17.4. The van der Waals surface area contributed by atoms with E-state index in [2.05, 4.69) is 4.99 Å². The molecule has 0 radical (unpaired) electrons. The highest BCUT2D eigenvalue weighted by molar-refractivity contribution is 8.18. The number of esters is 1. The third kappa shape index (κ3) is 4.58. The van der Waals surface area contributed by atoms with E-state index in [-0.39, 0.29) is 17.9 Å². The zero-order valence-electron chi connectivity index (χ0n) is 15.3. The van der Waals surface area contributed by atoms with Gasteiger partial charge < -0.3 is 14.6 Å². The molecule has 0 aliphatic carbocycles. The Morgan fingerprint density at radius 3 is 2.46 bits per heavy atom. The quantitative estimate of drug-likeness (QED) is 0.649. The molecule has 0 unspecified atom stereocenters. The summed E-state index contributed by atoms with van der Waals surface area (Å²) in [6.45, 7) is 1.91.